The lowest BCUT2D eigenvalue weighted by atomic mass is 10.0. The SMILES string of the molecule is CN(C)C(CCn1ccnc1)Cc1ccc2nc(C(N)=O)sc2c1. The minimum Gasteiger partial charge on any atom is -0.364 e. The van der Waals surface area contributed by atoms with Crippen LogP contribution in [0, 0.1) is 0 Å². The van der Waals surface area contributed by atoms with Crippen molar-refractivity contribution in [3.8, 4) is 0 Å². The minimum absolute atomic E-state index is 0.367. The van der Waals surface area contributed by atoms with E-state index in [1.54, 1.807) is 6.20 Å². The van der Waals surface area contributed by atoms with E-state index < -0.39 is 5.91 Å². The van der Waals surface area contributed by atoms with Crippen molar-refractivity contribution in [2.24, 2.45) is 5.73 Å². The van der Waals surface area contributed by atoms with Gasteiger partial charge in [0.1, 0.15) is 0 Å². The quantitative estimate of drug-likeness (QED) is 0.713. The predicted octanol–water partition coefficient (Wildman–Crippen LogP) is 2.15. The van der Waals surface area contributed by atoms with E-state index in [1.165, 1.54) is 16.9 Å². The lowest BCUT2D eigenvalue weighted by Crippen LogP contribution is -2.31. The van der Waals surface area contributed by atoms with E-state index in [9.17, 15) is 4.79 Å². The maximum Gasteiger partial charge on any atom is 0.277 e. The van der Waals surface area contributed by atoms with Crippen LogP contribution in [0.4, 0.5) is 0 Å². The molecule has 2 heterocycles. The number of carbonyl (C=O) groups excluding carboxylic acids is 1. The van der Waals surface area contributed by atoms with Crippen LogP contribution < -0.4 is 5.73 Å². The third-order valence-corrected chi connectivity index (χ3v) is 5.18. The number of primary amides is 1. The zero-order valence-electron chi connectivity index (χ0n) is 13.8. The van der Waals surface area contributed by atoms with Crippen LogP contribution in [-0.2, 0) is 13.0 Å². The van der Waals surface area contributed by atoms with Crippen LogP contribution in [0.3, 0.4) is 0 Å². The van der Waals surface area contributed by atoms with E-state index in [4.69, 9.17) is 5.73 Å². The Morgan fingerprint density at radius 1 is 1.42 bits per heavy atom. The van der Waals surface area contributed by atoms with Crippen molar-refractivity contribution in [3.05, 3.63) is 47.5 Å². The van der Waals surface area contributed by atoms with Gasteiger partial charge in [0, 0.05) is 25.0 Å². The van der Waals surface area contributed by atoms with Crippen LogP contribution in [-0.4, -0.2) is 45.5 Å². The van der Waals surface area contributed by atoms with Gasteiger partial charge in [-0.15, -0.1) is 11.3 Å². The number of likely N-dealkylation sites (N-methyl/N-ethyl adjacent to an activating group) is 1. The molecule has 0 spiro atoms. The van der Waals surface area contributed by atoms with Crippen molar-refractivity contribution >= 4 is 27.5 Å². The summed E-state index contributed by atoms with van der Waals surface area (Å²) in [7, 11) is 4.21. The molecule has 0 aliphatic rings. The molecule has 0 saturated heterocycles. The highest BCUT2D eigenvalue weighted by atomic mass is 32.1. The number of aromatic nitrogens is 3. The maximum atomic E-state index is 11.3. The summed E-state index contributed by atoms with van der Waals surface area (Å²) in [5, 5.41) is 0.367. The fourth-order valence-electron chi connectivity index (χ4n) is 2.73. The zero-order valence-corrected chi connectivity index (χ0v) is 14.7. The fourth-order valence-corrected chi connectivity index (χ4v) is 3.61. The first-order valence-corrected chi connectivity index (χ1v) is 8.66. The first-order valence-electron chi connectivity index (χ1n) is 7.84. The van der Waals surface area contributed by atoms with Crippen LogP contribution in [0.2, 0.25) is 0 Å². The molecule has 0 aliphatic carbocycles. The molecule has 3 rings (SSSR count). The molecule has 3 aromatic rings. The van der Waals surface area contributed by atoms with Gasteiger partial charge in [0.05, 0.1) is 16.5 Å². The molecule has 6 nitrogen and oxygen atoms in total. The largest absolute Gasteiger partial charge is 0.364 e. The van der Waals surface area contributed by atoms with Crippen molar-refractivity contribution in [2.75, 3.05) is 14.1 Å². The lowest BCUT2D eigenvalue weighted by Gasteiger charge is -2.24. The number of benzene rings is 1. The van der Waals surface area contributed by atoms with Gasteiger partial charge in [0.2, 0.25) is 0 Å². The Labute approximate surface area is 144 Å². The fraction of sp³-hybridized carbons (Fsp3) is 0.353. The van der Waals surface area contributed by atoms with Gasteiger partial charge in [0.15, 0.2) is 5.01 Å². The normalized spacial score (nSPS) is 12.8. The number of nitrogens with zero attached hydrogens (tertiary/aromatic N) is 4. The van der Waals surface area contributed by atoms with Gasteiger partial charge >= 0.3 is 0 Å². The topological polar surface area (TPSA) is 77.0 Å². The molecule has 24 heavy (non-hydrogen) atoms. The molecule has 0 saturated carbocycles. The summed E-state index contributed by atoms with van der Waals surface area (Å²) in [5.41, 5.74) is 7.39. The van der Waals surface area contributed by atoms with Crippen LogP contribution >= 0.6 is 11.3 Å². The third-order valence-electron chi connectivity index (χ3n) is 4.14. The molecule has 1 unspecified atom stereocenters. The van der Waals surface area contributed by atoms with E-state index in [0.29, 0.717) is 11.0 Å². The number of imidazole rings is 1. The summed E-state index contributed by atoms with van der Waals surface area (Å²) < 4.78 is 3.11. The number of fused-ring (bicyclic) bond motifs is 1. The molecule has 1 atom stereocenters. The van der Waals surface area contributed by atoms with Gasteiger partial charge in [-0.05, 0) is 44.6 Å². The van der Waals surface area contributed by atoms with Gasteiger partial charge in [-0.2, -0.15) is 0 Å². The number of carbonyl (C=O) groups is 1. The van der Waals surface area contributed by atoms with Gasteiger partial charge in [-0.1, -0.05) is 6.07 Å². The van der Waals surface area contributed by atoms with Crippen LogP contribution in [0.15, 0.2) is 36.9 Å². The number of nitrogens with two attached hydrogens (primary N) is 1. The van der Waals surface area contributed by atoms with Crippen molar-refractivity contribution in [1.29, 1.82) is 0 Å². The van der Waals surface area contributed by atoms with E-state index >= 15 is 0 Å². The number of aryl methyl sites for hydroxylation is 1. The van der Waals surface area contributed by atoms with Crippen molar-refractivity contribution in [1.82, 2.24) is 19.4 Å². The highest BCUT2D eigenvalue weighted by molar-refractivity contribution is 7.20. The zero-order chi connectivity index (χ0) is 17.1. The number of amides is 1. The Balaban J connectivity index is 1.73. The van der Waals surface area contributed by atoms with E-state index in [1.807, 2.05) is 18.6 Å². The van der Waals surface area contributed by atoms with Crippen LogP contribution in [0.1, 0.15) is 21.8 Å². The molecule has 0 bridgehead atoms. The Morgan fingerprint density at radius 3 is 2.92 bits per heavy atom. The second-order valence-electron chi connectivity index (χ2n) is 6.10. The number of hydrogen-bond donors (Lipinski definition) is 1. The average Bonchev–Trinajstić information content (AvgIpc) is 3.19. The second-order valence-corrected chi connectivity index (χ2v) is 7.13. The standard InChI is InChI=1S/C17H21N5OS/c1-21(2)13(5-7-22-8-6-19-11-22)9-12-3-4-14-15(10-12)24-17(20-14)16(18)23/h3-4,6,8,10-11,13H,5,7,9H2,1-2H3,(H2,18,23). The third kappa shape index (κ3) is 3.80. The maximum absolute atomic E-state index is 11.3. The summed E-state index contributed by atoms with van der Waals surface area (Å²) in [5.74, 6) is -0.468. The van der Waals surface area contributed by atoms with Crippen molar-refractivity contribution in [3.63, 3.8) is 0 Å². The molecular weight excluding hydrogens is 322 g/mol. The van der Waals surface area contributed by atoms with E-state index in [0.717, 1.165) is 29.6 Å². The van der Waals surface area contributed by atoms with E-state index in [2.05, 4.69) is 45.7 Å². The predicted molar refractivity (Wildman–Crippen MR) is 96.2 cm³/mol. The van der Waals surface area contributed by atoms with Gasteiger partial charge in [-0.3, -0.25) is 4.79 Å². The molecule has 0 radical (unpaired) electrons. The van der Waals surface area contributed by atoms with Gasteiger partial charge in [-0.25, -0.2) is 9.97 Å². The molecule has 0 aliphatic heterocycles. The molecule has 1 aromatic carbocycles. The smallest absolute Gasteiger partial charge is 0.277 e. The summed E-state index contributed by atoms with van der Waals surface area (Å²) in [6, 6.07) is 6.59. The van der Waals surface area contributed by atoms with Crippen molar-refractivity contribution in [2.45, 2.75) is 25.4 Å². The summed E-state index contributed by atoms with van der Waals surface area (Å²) in [4.78, 5) is 21.9. The highest BCUT2D eigenvalue weighted by Crippen LogP contribution is 2.24. The molecule has 0 fully saturated rings. The van der Waals surface area contributed by atoms with Crippen molar-refractivity contribution < 1.29 is 4.79 Å². The number of hydrogen-bond acceptors (Lipinski definition) is 5. The Bertz CT molecular complexity index is 825. The van der Waals surface area contributed by atoms with Crippen LogP contribution in [0.5, 0.6) is 0 Å². The van der Waals surface area contributed by atoms with E-state index in [-0.39, 0.29) is 0 Å². The van der Waals surface area contributed by atoms with Gasteiger partial charge < -0.3 is 15.2 Å². The summed E-state index contributed by atoms with van der Waals surface area (Å²) in [6.07, 6.45) is 7.62. The molecule has 2 aromatic heterocycles. The molecule has 7 heteroatoms. The Morgan fingerprint density at radius 2 is 2.25 bits per heavy atom. The monoisotopic (exact) mass is 343 g/mol. The number of rotatable bonds is 7. The molecule has 2 N–H and O–H groups in total. The first-order chi connectivity index (χ1) is 11.5. The van der Waals surface area contributed by atoms with Crippen LogP contribution in [0.25, 0.3) is 10.2 Å². The second kappa shape index (κ2) is 7.11. The molecule has 126 valence electrons. The average molecular weight is 343 g/mol. The summed E-state index contributed by atoms with van der Waals surface area (Å²) in [6.45, 7) is 0.942. The Hall–Kier alpha value is -2.25. The first kappa shape index (κ1) is 16.6. The highest BCUT2D eigenvalue weighted by Gasteiger charge is 2.14. The minimum atomic E-state index is -0.468. The Kier molecular flexibility index (Phi) is 4.92. The molecular formula is C17H21N5OS. The summed E-state index contributed by atoms with van der Waals surface area (Å²) >= 11 is 1.35. The van der Waals surface area contributed by atoms with Gasteiger partial charge in [0.25, 0.3) is 5.91 Å². The molecule has 1 amide bonds. The number of thiazole rings is 1. The lowest BCUT2D eigenvalue weighted by molar-refractivity contribution is 0.1000.